The Hall–Kier alpha value is -4.15. The molecule has 1 saturated heterocycles. The van der Waals surface area contributed by atoms with Crippen LogP contribution in [0, 0.1) is 5.92 Å². The van der Waals surface area contributed by atoms with Crippen LogP contribution in [0.25, 0.3) is 11.1 Å². The molecular formula is C37H41N3O5S. The molecule has 0 aliphatic carbocycles. The van der Waals surface area contributed by atoms with E-state index in [0.29, 0.717) is 18.8 Å². The Balaban J connectivity index is 1.37. The Morgan fingerprint density at radius 3 is 2.24 bits per heavy atom. The van der Waals surface area contributed by atoms with E-state index in [9.17, 15) is 14.7 Å². The first-order valence-electron chi connectivity index (χ1n) is 15.5. The van der Waals surface area contributed by atoms with Crippen molar-refractivity contribution in [3.8, 4) is 11.1 Å². The molecule has 4 aromatic rings. The van der Waals surface area contributed by atoms with Crippen LogP contribution in [0.3, 0.4) is 0 Å². The number of hydrogen-bond donors (Lipinski definition) is 4. The highest BCUT2D eigenvalue weighted by molar-refractivity contribution is 7.99. The van der Waals surface area contributed by atoms with Crippen molar-refractivity contribution in [2.45, 2.75) is 57.3 Å². The third-order valence-corrected chi connectivity index (χ3v) is 9.02. The van der Waals surface area contributed by atoms with E-state index in [1.807, 2.05) is 79.7 Å². The van der Waals surface area contributed by atoms with Gasteiger partial charge in [-0.15, -0.1) is 11.8 Å². The van der Waals surface area contributed by atoms with Crippen LogP contribution < -0.4 is 16.0 Å². The van der Waals surface area contributed by atoms with Crippen molar-refractivity contribution in [1.29, 1.82) is 0 Å². The molecule has 0 unspecified atom stereocenters. The van der Waals surface area contributed by atoms with Crippen LogP contribution in [0.2, 0.25) is 0 Å². The summed E-state index contributed by atoms with van der Waals surface area (Å²) in [5.41, 5.74) is 6.64. The van der Waals surface area contributed by atoms with Gasteiger partial charge in [-0.1, -0.05) is 67.6 Å². The standard InChI is InChI=1S/C37H41N3O5S/c1-4-38-37(43)39-21-27-7-5-8-29(19-27)30-9-6-10-31(20-30)36-44-34(23-46-33-17-15-32(16-18-33)40-25(3)42)24(2)35(45-36)28-13-11-26(22-41)12-14-28/h5-20,24,34-36,41H,4,21-23H2,1-3H3,(H,40,42)(H2,38,39,43)/t24-,34+,35+,36+/m0/s1. The smallest absolute Gasteiger partial charge is 0.315 e. The van der Waals surface area contributed by atoms with E-state index in [2.05, 4.69) is 47.1 Å². The predicted molar refractivity (Wildman–Crippen MR) is 182 cm³/mol. The van der Waals surface area contributed by atoms with Gasteiger partial charge in [0.25, 0.3) is 0 Å². The number of anilines is 1. The Labute approximate surface area is 274 Å². The molecule has 240 valence electrons. The first kappa shape index (κ1) is 33.2. The highest BCUT2D eigenvalue weighted by Gasteiger charge is 2.38. The second-order valence-corrected chi connectivity index (χ2v) is 12.5. The fourth-order valence-electron chi connectivity index (χ4n) is 5.46. The first-order valence-corrected chi connectivity index (χ1v) is 16.5. The Morgan fingerprint density at radius 2 is 1.54 bits per heavy atom. The molecule has 46 heavy (non-hydrogen) atoms. The molecule has 8 nitrogen and oxygen atoms in total. The molecule has 1 aliphatic rings. The SMILES string of the molecule is CCNC(=O)NCc1cccc(-c2cccc([C@@H]3O[C@H](CSc4ccc(NC(C)=O)cc4)[C@H](C)[C@H](c4ccc(CO)cc4)O3)c2)c1. The number of rotatable bonds is 11. The van der Waals surface area contributed by atoms with Gasteiger partial charge in [0, 0.05) is 47.8 Å². The minimum atomic E-state index is -0.589. The lowest BCUT2D eigenvalue weighted by Crippen LogP contribution is -2.38. The number of ether oxygens (including phenoxy) is 2. The van der Waals surface area contributed by atoms with Crippen LogP contribution in [-0.2, 0) is 27.4 Å². The summed E-state index contributed by atoms with van der Waals surface area (Å²) >= 11 is 1.71. The van der Waals surface area contributed by atoms with Crippen LogP contribution in [-0.4, -0.2) is 35.4 Å². The van der Waals surface area contributed by atoms with Gasteiger partial charge in [0.05, 0.1) is 18.8 Å². The molecule has 1 heterocycles. The predicted octanol–water partition coefficient (Wildman–Crippen LogP) is 7.21. The second-order valence-electron chi connectivity index (χ2n) is 11.4. The van der Waals surface area contributed by atoms with Gasteiger partial charge in [-0.2, -0.15) is 0 Å². The van der Waals surface area contributed by atoms with Crippen molar-refractivity contribution in [3.63, 3.8) is 0 Å². The topological polar surface area (TPSA) is 109 Å². The molecular weight excluding hydrogens is 598 g/mol. The molecule has 0 saturated carbocycles. The number of benzene rings is 4. The zero-order valence-electron chi connectivity index (χ0n) is 26.4. The van der Waals surface area contributed by atoms with Crippen LogP contribution >= 0.6 is 11.8 Å². The number of hydrogen-bond acceptors (Lipinski definition) is 6. The van der Waals surface area contributed by atoms with E-state index in [4.69, 9.17) is 9.47 Å². The fraction of sp³-hybridized carbons (Fsp3) is 0.297. The summed E-state index contributed by atoms with van der Waals surface area (Å²) in [7, 11) is 0. The number of thioether (sulfide) groups is 1. The molecule has 0 spiro atoms. The summed E-state index contributed by atoms with van der Waals surface area (Å²) in [5, 5.41) is 18.0. The van der Waals surface area contributed by atoms with Gasteiger partial charge in [0.2, 0.25) is 5.91 Å². The lowest BCUT2D eigenvalue weighted by atomic mass is 9.91. The number of aliphatic hydroxyl groups excluding tert-OH is 1. The zero-order chi connectivity index (χ0) is 32.5. The summed E-state index contributed by atoms with van der Waals surface area (Å²) in [5.74, 6) is 0.672. The minimum absolute atomic E-state index is 0.0108. The quantitative estimate of drug-likeness (QED) is 0.129. The molecule has 4 aromatic carbocycles. The number of urea groups is 1. The largest absolute Gasteiger partial charge is 0.392 e. The van der Waals surface area contributed by atoms with Crippen molar-refractivity contribution in [2.75, 3.05) is 17.6 Å². The van der Waals surface area contributed by atoms with Crippen molar-refractivity contribution in [3.05, 3.63) is 119 Å². The number of amides is 3. The summed E-state index contributed by atoms with van der Waals surface area (Å²) in [4.78, 5) is 24.4. The maximum absolute atomic E-state index is 11.9. The Bertz CT molecular complexity index is 1610. The molecule has 0 radical (unpaired) electrons. The maximum atomic E-state index is 11.9. The zero-order valence-corrected chi connectivity index (χ0v) is 27.2. The number of carbonyl (C=O) groups is 2. The average Bonchev–Trinajstić information content (AvgIpc) is 3.08. The lowest BCUT2D eigenvalue weighted by Gasteiger charge is -2.41. The van der Waals surface area contributed by atoms with Crippen molar-refractivity contribution in [2.24, 2.45) is 5.92 Å². The third kappa shape index (κ3) is 8.76. The molecule has 0 aromatic heterocycles. The fourth-order valence-corrected chi connectivity index (χ4v) is 6.52. The second kappa shape index (κ2) is 15.9. The third-order valence-electron chi connectivity index (χ3n) is 7.92. The highest BCUT2D eigenvalue weighted by Crippen LogP contribution is 2.43. The summed E-state index contributed by atoms with van der Waals surface area (Å²) in [6.07, 6.45) is -0.922. The first-order chi connectivity index (χ1) is 22.3. The van der Waals surface area contributed by atoms with Gasteiger partial charge in [-0.25, -0.2) is 4.79 Å². The lowest BCUT2D eigenvalue weighted by molar-refractivity contribution is -0.268. The van der Waals surface area contributed by atoms with E-state index in [1.165, 1.54) is 6.92 Å². The molecule has 3 amide bonds. The molecule has 0 bridgehead atoms. The highest BCUT2D eigenvalue weighted by atomic mass is 32.2. The maximum Gasteiger partial charge on any atom is 0.315 e. The van der Waals surface area contributed by atoms with Gasteiger partial charge >= 0.3 is 6.03 Å². The molecule has 4 N–H and O–H groups in total. The number of aliphatic hydroxyl groups is 1. The van der Waals surface area contributed by atoms with Gasteiger partial charge in [0.15, 0.2) is 6.29 Å². The summed E-state index contributed by atoms with van der Waals surface area (Å²) in [6, 6.07) is 31.9. The van der Waals surface area contributed by atoms with E-state index in [-0.39, 0.29) is 36.7 Å². The summed E-state index contributed by atoms with van der Waals surface area (Å²) in [6.45, 7) is 6.53. The van der Waals surface area contributed by atoms with E-state index in [0.717, 1.165) is 44.0 Å². The Morgan fingerprint density at radius 1 is 0.826 bits per heavy atom. The molecule has 4 atom stereocenters. The van der Waals surface area contributed by atoms with Crippen molar-refractivity contribution >= 4 is 29.4 Å². The number of nitrogens with one attached hydrogen (secondary N) is 3. The molecule has 5 rings (SSSR count). The molecule has 1 aliphatic heterocycles. The van der Waals surface area contributed by atoms with E-state index in [1.54, 1.807) is 11.8 Å². The van der Waals surface area contributed by atoms with Crippen LogP contribution in [0.5, 0.6) is 0 Å². The van der Waals surface area contributed by atoms with Crippen LogP contribution in [0.1, 0.15) is 55.4 Å². The van der Waals surface area contributed by atoms with Gasteiger partial charge in [0.1, 0.15) is 0 Å². The monoisotopic (exact) mass is 639 g/mol. The number of carbonyl (C=O) groups excluding carboxylic acids is 2. The van der Waals surface area contributed by atoms with Gasteiger partial charge < -0.3 is 30.5 Å². The van der Waals surface area contributed by atoms with E-state index < -0.39 is 6.29 Å². The van der Waals surface area contributed by atoms with E-state index >= 15 is 0 Å². The minimum Gasteiger partial charge on any atom is -0.392 e. The average molecular weight is 640 g/mol. The molecule has 1 fully saturated rings. The van der Waals surface area contributed by atoms with Crippen LogP contribution in [0.4, 0.5) is 10.5 Å². The summed E-state index contributed by atoms with van der Waals surface area (Å²) < 4.78 is 13.4. The van der Waals surface area contributed by atoms with Crippen molar-refractivity contribution in [1.82, 2.24) is 10.6 Å². The Kier molecular flexibility index (Phi) is 11.5. The normalized spacial score (nSPS) is 19.3. The van der Waals surface area contributed by atoms with Gasteiger partial charge in [-0.05, 0) is 71.1 Å². The van der Waals surface area contributed by atoms with Crippen molar-refractivity contribution < 1.29 is 24.2 Å². The van der Waals surface area contributed by atoms with Gasteiger partial charge in [-0.3, -0.25) is 4.79 Å². The molecule has 9 heteroatoms. The van der Waals surface area contributed by atoms with Crippen LogP contribution in [0.15, 0.2) is 102 Å².